The molecule has 1 aliphatic heterocycles. The number of nitrogens with one attached hydrogen (secondary N) is 2. The summed E-state index contributed by atoms with van der Waals surface area (Å²) >= 11 is 0. The van der Waals surface area contributed by atoms with Crippen LogP contribution in [0, 0.1) is 0 Å². The summed E-state index contributed by atoms with van der Waals surface area (Å²) < 4.78 is 0. The van der Waals surface area contributed by atoms with Crippen molar-refractivity contribution in [3.63, 3.8) is 0 Å². The number of carbonyl (C=O) groups is 1. The Hall–Kier alpha value is -2.14. The number of amides is 1. The number of likely N-dealkylation sites (tertiary alicyclic amines) is 1. The van der Waals surface area contributed by atoms with Crippen molar-refractivity contribution in [2.75, 3.05) is 6.54 Å². The molecule has 1 unspecified atom stereocenters. The second-order valence-corrected chi connectivity index (χ2v) is 5.40. The third kappa shape index (κ3) is 3.49. The fraction of sp³-hybridized carbons (Fsp3) is 0.375. The van der Waals surface area contributed by atoms with Gasteiger partial charge in [-0.3, -0.25) is 9.69 Å². The first-order valence-electron chi connectivity index (χ1n) is 7.40. The van der Waals surface area contributed by atoms with E-state index in [0.717, 1.165) is 25.9 Å². The molecule has 1 saturated heterocycles. The number of benzene rings is 1. The van der Waals surface area contributed by atoms with Gasteiger partial charge in [-0.25, -0.2) is 4.98 Å². The maximum absolute atomic E-state index is 12.2. The summed E-state index contributed by atoms with van der Waals surface area (Å²) in [5.74, 6) is -0.110. The van der Waals surface area contributed by atoms with E-state index in [1.54, 1.807) is 6.20 Å². The van der Waals surface area contributed by atoms with Crippen LogP contribution in [0.1, 0.15) is 35.3 Å². The average molecular weight is 284 g/mol. The monoisotopic (exact) mass is 284 g/mol. The number of nitrogens with zero attached hydrogens (tertiary/aromatic N) is 2. The van der Waals surface area contributed by atoms with Gasteiger partial charge in [0, 0.05) is 19.3 Å². The molecule has 0 bridgehead atoms. The van der Waals surface area contributed by atoms with Crippen molar-refractivity contribution < 1.29 is 4.79 Å². The Labute approximate surface area is 124 Å². The predicted octanol–water partition coefficient (Wildman–Crippen LogP) is 2.15. The quantitative estimate of drug-likeness (QED) is 0.904. The van der Waals surface area contributed by atoms with Crippen LogP contribution in [0.3, 0.4) is 0 Å². The van der Waals surface area contributed by atoms with Gasteiger partial charge in [-0.15, -0.1) is 0 Å². The first-order valence-corrected chi connectivity index (χ1v) is 7.40. The average Bonchev–Trinajstić information content (AvgIpc) is 3.05. The first kappa shape index (κ1) is 13.8. The van der Waals surface area contributed by atoms with E-state index in [0.29, 0.717) is 5.69 Å². The molecule has 1 aromatic carbocycles. The van der Waals surface area contributed by atoms with Crippen molar-refractivity contribution in [1.29, 1.82) is 0 Å². The van der Waals surface area contributed by atoms with E-state index in [4.69, 9.17) is 0 Å². The number of H-pyrrole nitrogens is 1. The number of carbonyl (C=O) groups excluding carboxylic acids is 1. The number of aromatic nitrogens is 2. The fourth-order valence-electron chi connectivity index (χ4n) is 2.77. The van der Waals surface area contributed by atoms with Crippen LogP contribution in [0.15, 0.2) is 42.9 Å². The topological polar surface area (TPSA) is 61.0 Å². The first-order chi connectivity index (χ1) is 10.3. The summed E-state index contributed by atoms with van der Waals surface area (Å²) in [7, 11) is 0. The molecule has 0 aliphatic carbocycles. The van der Waals surface area contributed by atoms with Crippen LogP contribution in [0.5, 0.6) is 0 Å². The molecule has 2 aromatic rings. The molecule has 0 saturated carbocycles. The molecule has 2 N–H and O–H groups in total. The second-order valence-electron chi connectivity index (χ2n) is 5.40. The molecule has 1 atom stereocenters. The van der Waals surface area contributed by atoms with E-state index in [1.165, 1.54) is 18.3 Å². The zero-order valence-corrected chi connectivity index (χ0v) is 12.0. The summed E-state index contributed by atoms with van der Waals surface area (Å²) in [5, 5.41) is 3.10. The minimum Gasteiger partial charge on any atom is -0.350 e. The smallest absolute Gasteiger partial charge is 0.272 e. The van der Waals surface area contributed by atoms with Gasteiger partial charge in [0.2, 0.25) is 0 Å². The van der Waals surface area contributed by atoms with Gasteiger partial charge in [0.15, 0.2) is 0 Å². The van der Waals surface area contributed by atoms with E-state index < -0.39 is 0 Å². The van der Waals surface area contributed by atoms with Gasteiger partial charge in [-0.05, 0) is 24.8 Å². The lowest BCUT2D eigenvalue weighted by molar-refractivity contribution is 0.0749. The van der Waals surface area contributed by atoms with Crippen molar-refractivity contribution in [2.24, 2.45) is 0 Å². The fourth-order valence-corrected chi connectivity index (χ4v) is 2.77. The number of rotatable bonds is 4. The van der Waals surface area contributed by atoms with Crippen molar-refractivity contribution in [1.82, 2.24) is 20.2 Å². The van der Waals surface area contributed by atoms with Gasteiger partial charge in [-0.1, -0.05) is 30.3 Å². The van der Waals surface area contributed by atoms with Crippen LogP contribution >= 0.6 is 0 Å². The lowest BCUT2D eigenvalue weighted by Crippen LogP contribution is -2.50. The van der Waals surface area contributed by atoms with Gasteiger partial charge in [0.05, 0.1) is 12.5 Å². The number of piperidine rings is 1. The third-order valence-corrected chi connectivity index (χ3v) is 3.87. The summed E-state index contributed by atoms with van der Waals surface area (Å²) in [5.41, 5.74) is 1.72. The van der Waals surface area contributed by atoms with E-state index in [9.17, 15) is 4.79 Å². The molecular weight excluding hydrogens is 264 g/mol. The molecule has 3 rings (SSSR count). The summed E-state index contributed by atoms with van der Waals surface area (Å²) in [6.07, 6.45) is 6.56. The summed E-state index contributed by atoms with van der Waals surface area (Å²) in [6, 6.07) is 10.4. The Morgan fingerprint density at radius 2 is 2.19 bits per heavy atom. The number of hydrogen-bond acceptors (Lipinski definition) is 3. The van der Waals surface area contributed by atoms with Crippen LogP contribution in [-0.4, -0.2) is 33.5 Å². The Bertz CT molecular complexity index is 567. The van der Waals surface area contributed by atoms with Gasteiger partial charge < -0.3 is 10.3 Å². The zero-order chi connectivity index (χ0) is 14.5. The van der Waals surface area contributed by atoms with E-state index in [-0.39, 0.29) is 12.1 Å². The normalized spacial score (nSPS) is 19.3. The molecule has 21 heavy (non-hydrogen) atoms. The lowest BCUT2D eigenvalue weighted by Gasteiger charge is -2.36. The molecule has 1 fully saturated rings. The van der Waals surface area contributed by atoms with Crippen molar-refractivity contribution in [3.05, 3.63) is 54.1 Å². The van der Waals surface area contributed by atoms with Crippen LogP contribution < -0.4 is 5.32 Å². The summed E-state index contributed by atoms with van der Waals surface area (Å²) in [6.45, 7) is 1.88. The van der Waals surface area contributed by atoms with Crippen molar-refractivity contribution in [2.45, 2.75) is 32.0 Å². The molecule has 0 spiro atoms. The maximum Gasteiger partial charge on any atom is 0.272 e. The third-order valence-electron chi connectivity index (χ3n) is 3.87. The molecule has 1 amide bonds. The highest BCUT2D eigenvalue weighted by Gasteiger charge is 2.24. The molecule has 2 heterocycles. The Morgan fingerprint density at radius 1 is 1.33 bits per heavy atom. The Balaban J connectivity index is 1.65. The molecular formula is C16H20N4O. The molecule has 110 valence electrons. The number of imidazole rings is 1. The van der Waals surface area contributed by atoms with E-state index in [1.807, 2.05) is 6.07 Å². The standard InChI is InChI=1S/C16H20N4O/c21-16(14-10-17-12-18-14)19-15-8-4-5-9-20(15)11-13-6-2-1-3-7-13/h1-3,6-7,10,12,15H,4-5,8-9,11H2,(H,17,18)(H,19,21). The maximum atomic E-state index is 12.2. The Morgan fingerprint density at radius 3 is 2.95 bits per heavy atom. The van der Waals surface area contributed by atoms with Crippen molar-refractivity contribution >= 4 is 5.91 Å². The predicted molar refractivity (Wildman–Crippen MR) is 80.5 cm³/mol. The van der Waals surface area contributed by atoms with E-state index in [2.05, 4.69) is 44.5 Å². The molecule has 0 radical (unpaired) electrons. The number of aromatic amines is 1. The molecule has 5 nitrogen and oxygen atoms in total. The minimum absolute atomic E-state index is 0.0863. The van der Waals surface area contributed by atoms with Gasteiger partial charge in [0.25, 0.3) is 5.91 Å². The molecule has 5 heteroatoms. The van der Waals surface area contributed by atoms with Crippen LogP contribution in [-0.2, 0) is 6.54 Å². The van der Waals surface area contributed by atoms with Gasteiger partial charge >= 0.3 is 0 Å². The van der Waals surface area contributed by atoms with E-state index >= 15 is 0 Å². The zero-order valence-electron chi connectivity index (χ0n) is 12.0. The Kier molecular flexibility index (Phi) is 4.31. The van der Waals surface area contributed by atoms with Gasteiger partial charge in [-0.2, -0.15) is 0 Å². The molecule has 1 aliphatic rings. The van der Waals surface area contributed by atoms with Crippen molar-refractivity contribution in [3.8, 4) is 0 Å². The van der Waals surface area contributed by atoms with Gasteiger partial charge in [0.1, 0.15) is 5.69 Å². The lowest BCUT2D eigenvalue weighted by atomic mass is 10.1. The van der Waals surface area contributed by atoms with Crippen LogP contribution in [0.4, 0.5) is 0 Å². The summed E-state index contributed by atoms with van der Waals surface area (Å²) in [4.78, 5) is 21.3. The SMILES string of the molecule is O=C(NC1CCCCN1Cc1ccccc1)c1c[nH]cn1. The van der Waals surface area contributed by atoms with Crippen LogP contribution in [0.25, 0.3) is 0 Å². The highest BCUT2D eigenvalue weighted by Crippen LogP contribution is 2.18. The number of hydrogen-bond donors (Lipinski definition) is 2. The molecule has 1 aromatic heterocycles. The second kappa shape index (κ2) is 6.54. The van der Waals surface area contributed by atoms with Crippen LogP contribution in [0.2, 0.25) is 0 Å². The highest BCUT2D eigenvalue weighted by atomic mass is 16.2. The largest absolute Gasteiger partial charge is 0.350 e. The minimum atomic E-state index is -0.110. The highest BCUT2D eigenvalue weighted by molar-refractivity contribution is 5.92.